The number of nitrogens with one attached hydrogen (secondary N) is 2. The van der Waals surface area contributed by atoms with E-state index >= 15 is 0 Å². The van der Waals surface area contributed by atoms with Crippen LogP contribution in [0.25, 0.3) is 0 Å². The standard InChI is InChI=1S/C14H19ClN2O2/c1-14(7-4-8-16-10-14)19-9-13(18)17-12-6-3-2-5-11(12)15/h2-3,5-6,16H,4,7-10H2,1H3,(H,17,18). The fourth-order valence-electron chi connectivity index (χ4n) is 2.14. The van der Waals surface area contributed by atoms with E-state index in [2.05, 4.69) is 10.6 Å². The maximum atomic E-state index is 11.8. The van der Waals surface area contributed by atoms with Crippen LogP contribution in [0.2, 0.25) is 5.02 Å². The zero-order valence-electron chi connectivity index (χ0n) is 11.0. The van der Waals surface area contributed by atoms with Crippen molar-refractivity contribution in [3.8, 4) is 0 Å². The van der Waals surface area contributed by atoms with Gasteiger partial charge in [0.1, 0.15) is 6.61 Å². The third-order valence-electron chi connectivity index (χ3n) is 3.26. The number of benzene rings is 1. The molecule has 0 aromatic heterocycles. The molecule has 1 amide bonds. The summed E-state index contributed by atoms with van der Waals surface area (Å²) in [7, 11) is 0. The van der Waals surface area contributed by atoms with Crippen LogP contribution in [-0.4, -0.2) is 31.2 Å². The quantitative estimate of drug-likeness (QED) is 0.892. The summed E-state index contributed by atoms with van der Waals surface area (Å²) in [5.74, 6) is -0.181. The van der Waals surface area contributed by atoms with Crippen LogP contribution in [0.3, 0.4) is 0 Å². The Hall–Kier alpha value is -1.10. The number of halogens is 1. The lowest BCUT2D eigenvalue weighted by atomic mass is 9.96. The smallest absolute Gasteiger partial charge is 0.250 e. The van der Waals surface area contributed by atoms with Gasteiger partial charge in [-0.05, 0) is 38.4 Å². The highest BCUT2D eigenvalue weighted by atomic mass is 35.5. The number of ether oxygens (including phenoxy) is 1. The highest BCUT2D eigenvalue weighted by Crippen LogP contribution is 2.22. The molecule has 1 aliphatic heterocycles. The minimum atomic E-state index is -0.254. The first-order valence-corrected chi connectivity index (χ1v) is 6.86. The van der Waals surface area contributed by atoms with E-state index in [1.165, 1.54) is 0 Å². The summed E-state index contributed by atoms with van der Waals surface area (Å²) >= 11 is 5.98. The third kappa shape index (κ3) is 4.20. The first-order chi connectivity index (χ1) is 9.09. The van der Waals surface area contributed by atoms with E-state index < -0.39 is 0 Å². The lowest BCUT2D eigenvalue weighted by Crippen LogP contribution is -2.46. The minimum absolute atomic E-state index is 0.0450. The van der Waals surface area contributed by atoms with Gasteiger partial charge in [-0.1, -0.05) is 23.7 Å². The van der Waals surface area contributed by atoms with Crippen LogP contribution < -0.4 is 10.6 Å². The number of para-hydroxylation sites is 1. The number of amides is 1. The van der Waals surface area contributed by atoms with Gasteiger partial charge in [0.05, 0.1) is 16.3 Å². The third-order valence-corrected chi connectivity index (χ3v) is 3.59. The first-order valence-electron chi connectivity index (χ1n) is 6.48. The molecule has 19 heavy (non-hydrogen) atoms. The molecule has 1 aromatic rings. The average molecular weight is 283 g/mol. The summed E-state index contributed by atoms with van der Waals surface area (Å²) in [5.41, 5.74) is 0.362. The van der Waals surface area contributed by atoms with Crippen LogP contribution in [0.15, 0.2) is 24.3 Å². The molecule has 1 saturated heterocycles. The number of hydrogen-bond donors (Lipinski definition) is 2. The Morgan fingerprint density at radius 3 is 3.00 bits per heavy atom. The molecule has 0 saturated carbocycles. The Balaban J connectivity index is 1.83. The topological polar surface area (TPSA) is 50.4 Å². The first kappa shape index (κ1) is 14.3. The van der Waals surface area contributed by atoms with Crippen molar-refractivity contribution in [3.63, 3.8) is 0 Å². The van der Waals surface area contributed by atoms with Gasteiger partial charge < -0.3 is 15.4 Å². The monoisotopic (exact) mass is 282 g/mol. The predicted octanol–water partition coefficient (Wildman–Crippen LogP) is 2.44. The van der Waals surface area contributed by atoms with Crippen LogP contribution in [-0.2, 0) is 9.53 Å². The second-order valence-electron chi connectivity index (χ2n) is 5.05. The molecule has 0 spiro atoms. The van der Waals surface area contributed by atoms with Crippen LogP contribution in [0.1, 0.15) is 19.8 Å². The molecule has 1 unspecified atom stereocenters. The highest BCUT2D eigenvalue weighted by molar-refractivity contribution is 6.33. The van der Waals surface area contributed by atoms with E-state index in [1.807, 2.05) is 19.1 Å². The van der Waals surface area contributed by atoms with Crippen molar-refractivity contribution in [2.75, 3.05) is 25.0 Å². The summed E-state index contributed by atoms with van der Waals surface area (Å²) in [5, 5.41) is 6.56. The van der Waals surface area contributed by atoms with Gasteiger partial charge in [0.2, 0.25) is 5.91 Å². The van der Waals surface area contributed by atoms with Crippen molar-refractivity contribution in [2.24, 2.45) is 0 Å². The van der Waals surface area contributed by atoms with Crippen molar-refractivity contribution in [1.29, 1.82) is 0 Å². The molecule has 0 radical (unpaired) electrons. The lowest BCUT2D eigenvalue weighted by Gasteiger charge is -2.33. The highest BCUT2D eigenvalue weighted by Gasteiger charge is 2.28. The normalized spacial score (nSPS) is 23.1. The number of anilines is 1. The predicted molar refractivity (Wildman–Crippen MR) is 76.5 cm³/mol. The van der Waals surface area contributed by atoms with Gasteiger partial charge in [0, 0.05) is 6.54 Å². The largest absolute Gasteiger partial charge is 0.364 e. The summed E-state index contributed by atoms with van der Waals surface area (Å²) in [6, 6.07) is 7.16. The number of carbonyl (C=O) groups excluding carboxylic acids is 1. The van der Waals surface area contributed by atoms with Gasteiger partial charge in [0.25, 0.3) is 0 Å². The molecule has 0 aliphatic carbocycles. The second-order valence-corrected chi connectivity index (χ2v) is 5.45. The van der Waals surface area contributed by atoms with Crippen LogP contribution in [0, 0.1) is 0 Å². The van der Waals surface area contributed by atoms with Crippen molar-refractivity contribution in [1.82, 2.24) is 5.32 Å². The minimum Gasteiger partial charge on any atom is -0.364 e. The van der Waals surface area contributed by atoms with Gasteiger partial charge in [-0.3, -0.25) is 4.79 Å². The second kappa shape index (κ2) is 6.37. The van der Waals surface area contributed by atoms with E-state index in [0.717, 1.165) is 25.9 Å². The van der Waals surface area contributed by atoms with Crippen LogP contribution in [0.4, 0.5) is 5.69 Å². The Bertz CT molecular complexity index is 445. The van der Waals surface area contributed by atoms with Crippen LogP contribution >= 0.6 is 11.6 Å². The summed E-state index contributed by atoms with van der Waals surface area (Å²) in [6.07, 6.45) is 2.04. The zero-order chi connectivity index (χ0) is 13.7. The van der Waals surface area contributed by atoms with Crippen molar-refractivity contribution in [2.45, 2.75) is 25.4 Å². The fraction of sp³-hybridized carbons (Fsp3) is 0.500. The van der Waals surface area contributed by atoms with Crippen molar-refractivity contribution in [3.05, 3.63) is 29.3 Å². The molecule has 1 heterocycles. The number of carbonyl (C=O) groups is 1. The maximum Gasteiger partial charge on any atom is 0.250 e. The Morgan fingerprint density at radius 2 is 2.32 bits per heavy atom. The molecule has 104 valence electrons. The van der Waals surface area contributed by atoms with Crippen molar-refractivity contribution >= 4 is 23.2 Å². The van der Waals surface area contributed by atoms with Gasteiger partial charge in [-0.25, -0.2) is 0 Å². The molecule has 5 heteroatoms. The van der Waals surface area contributed by atoms with E-state index in [4.69, 9.17) is 16.3 Å². The molecule has 1 aliphatic rings. The number of piperidine rings is 1. The van der Waals surface area contributed by atoms with E-state index in [9.17, 15) is 4.79 Å². The zero-order valence-corrected chi connectivity index (χ0v) is 11.8. The van der Waals surface area contributed by atoms with Gasteiger partial charge in [-0.2, -0.15) is 0 Å². The van der Waals surface area contributed by atoms with Gasteiger partial charge >= 0.3 is 0 Å². The van der Waals surface area contributed by atoms with E-state index in [0.29, 0.717) is 10.7 Å². The molecular formula is C14H19ClN2O2. The molecule has 1 fully saturated rings. The van der Waals surface area contributed by atoms with Gasteiger partial charge in [-0.15, -0.1) is 0 Å². The van der Waals surface area contributed by atoms with Gasteiger partial charge in [0.15, 0.2) is 0 Å². The molecule has 1 atom stereocenters. The SMILES string of the molecule is CC1(OCC(=O)Nc2ccccc2Cl)CCCNC1. The Kier molecular flexibility index (Phi) is 4.80. The summed E-state index contributed by atoms with van der Waals surface area (Å²) < 4.78 is 5.73. The van der Waals surface area contributed by atoms with E-state index in [-0.39, 0.29) is 18.1 Å². The molecule has 2 N–H and O–H groups in total. The molecule has 1 aromatic carbocycles. The molecular weight excluding hydrogens is 264 g/mol. The molecule has 0 bridgehead atoms. The fourth-order valence-corrected chi connectivity index (χ4v) is 2.32. The molecule has 4 nitrogen and oxygen atoms in total. The van der Waals surface area contributed by atoms with E-state index in [1.54, 1.807) is 12.1 Å². The Morgan fingerprint density at radius 1 is 1.53 bits per heavy atom. The Labute approximate surface area is 118 Å². The number of rotatable bonds is 4. The van der Waals surface area contributed by atoms with Crippen molar-refractivity contribution < 1.29 is 9.53 Å². The summed E-state index contributed by atoms with van der Waals surface area (Å²) in [6.45, 7) is 3.88. The average Bonchev–Trinajstić information content (AvgIpc) is 2.40. The number of hydrogen-bond acceptors (Lipinski definition) is 3. The molecule has 2 rings (SSSR count). The lowest BCUT2D eigenvalue weighted by molar-refractivity contribution is -0.128. The van der Waals surface area contributed by atoms with Crippen LogP contribution in [0.5, 0.6) is 0 Å². The maximum absolute atomic E-state index is 11.8. The summed E-state index contributed by atoms with van der Waals surface area (Å²) in [4.78, 5) is 11.8.